The van der Waals surface area contributed by atoms with E-state index in [1.165, 1.54) is 9.87 Å². The number of amides is 1. The molecule has 0 unspecified atom stereocenters. The molecule has 0 radical (unpaired) electrons. The van der Waals surface area contributed by atoms with Gasteiger partial charge in [-0.05, 0) is 61.6 Å². The predicted molar refractivity (Wildman–Crippen MR) is 161 cm³/mol. The first-order chi connectivity index (χ1) is 20.7. The second-order valence-electron chi connectivity index (χ2n) is 11.3. The third-order valence-electron chi connectivity index (χ3n) is 8.46. The van der Waals surface area contributed by atoms with Crippen molar-refractivity contribution in [3.05, 3.63) is 52.7 Å². The van der Waals surface area contributed by atoms with Crippen LogP contribution in [0.15, 0.2) is 34.7 Å². The van der Waals surface area contributed by atoms with Crippen LogP contribution in [0.25, 0.3) is 22.4 Å². The minimum atomic E-state index is -2.90. The summed E-state index contributed by atoms with van der Waals surface area (Å²) in [7, 11) is -1.32. The maximum absolute atomic E-state index is 13.1. The fourth-order valence-electron chi connectivity index (χ4n) is 5.86. The number of pyridine rings is 1. The highest BCUT2D eigenvalue weighted by molar-refractivity contribution is 7.69. The molecular formula is C31H39N3O8S. The van der Waals surface area contributed by atoms with Gasteiger partial charge in [0.05, 0.1) is 36.4 Å². The van der Waals surface area contributed by atoms with Gasteiger partial charge in [0.15, 0.2) is 0 Å². The molecule has 1 aliphatic carbocycles. The lowest BCUT2D eigenvalue weighted by atomic mass is 9.88. The number of ether oxygens (including phenoxy) is 2. The number of carboxylic acid groups (broad SMARTS) is 1. The van der Waals surface area contributed by atoms with Gasteiger partial charge in [0.2, 0.25) is 16.6 Å². The number of unbranched alkanes of at least 4 members (excludes halogenated alkanes) is 1. The first kappa shape index (κ1) is 31.0. The zero-order chi connectivity index (χ0) is 30.6. The Labute approximate surface area is 252 Å². The van der Waals surface area contributed by atoms with Crippen molar-refractivity contribution in [3.63, 3.8) is 0 Å². The molecule has 0 spiro atoms. The van der Waals surface area contributed by atoms with Crippen LogP contribution in [-0.2, 0) is 33.3 Å². The van der Waals surface area contributed by atoms with E-state index in [9.17, 15) is 23.1 Å². The van der Waals surface area contributed by atoms with Crippen molar-refractivity contribution in [2.75, 3.05) is 26.8 Å². The number of aromatic nitrogens is 1. The number of nitrogens with one attached hydrogen (secondary N) is 1. The van der Waals surface area contributed by atoms with Gasteiger partial charge < -0.3 is 24.3 Å². The van der Waals surface area contributed by atoms with Gasteiger partial charge in [0.25, 0.3) is 5.91 Å². The fourth-order valence-corrected chi connectivity index (χ4v) is 6.41. The minimum Gasteiger partial charge on any atom is -0.450 e. The quantitative estimate of drug-likeness (QED) is 0.137. The first-order valence-corrected chi connectivity index (χ1v) is 16.0. The van der Waals surface area contributed by atoms with Crippen LogP contribution in [0.5, 0.6) is 0 Å². The smallest absolute Gasteiger partial charge is 0.450 e. The fraction of sp³-hybridized carbons (Fsp3) is 0.516. The second kappa shape index (κ2) is 13.4. The highest BCUT2D eigenvalue weighted by Gasteiger charge is 2.36. The Morgan fingerprint density at radius 3 is 2.49 bits per heavy atom. The Morgan fingerprint density at radius 1 is 1.16 bits per heavy atom. The molecule has 0 bridgehead atoms. The summed E-state index contributed by atoms with van der Waals surface area (Å²) < 4.78 is 42.9. The monoisotopic (exact) mass is 613 g/mol. The molecule has 2 aliphatic rings. The number of nitrogens with zero attached hydrogens (tertiary/aromatic N) is 2. The molecular weight excluding hydrogens is 574 g/mol. The lowest BCUT2D eigenvalue weighted by Crippen LogP contribution is -2.40. The van der Waals surface area contributed by atoms with Gasteiger partial charge in [-0.15, -0.1) is 0 Å². The molecule has 5 rings (SSSR count). The lowest BCUT2D eigenvalue weighted by molar-refractivity contribution is -0.0901. The summed E-state index contributed by atoms with van der Waals surface area (Å²) >= 11 is 0. The van der Waals surface area contributed by atoms with Crippen LogP contribution in [0.1, 0.15) is 85.0 Å². The van der Waals surface area contributed by atoms with Crippen LogP contribution in [0, 0.1) is 0 Å². The van der Waals surface area contributed by atoms with Crippen LogP contribution in [0.4, 0.5) is 4.79 Å². The average Bonchev–Trinajstić information content (AvgIpc) is 3.78. The lowest BCUT2D eigenvalue weighted by Gasteiger charge is -2.35. The molecule has 12 heteroatoms. The topological polar surface area (TPSA) is 148 Å². The SMILES string of the molecule is CCc1ccc(-c2oc3nc(CN(CCCCC4(OC(=O)O)CCOCC4)[SH](=O)=O)c(C4CC4)cc3c2C(=O)NC)cc1. The number of carbonyl (C=O) groups is 2. The maximum Gasteiger partial charge on any atom is 0.506 e. The zero-order valence-electron chi connectivity index (χ0n) is 24.6. The van der Waals surface area contributed by atoms with Crippen molar-refractivity contribution in [2.24, 2.45) is 0 Å². The van der Waals surface area contributed by atoms with Gasteiger partial charge in [0.1, 0.15) is 11.4 Å². The van der Waals surface area contributed by atoms with E-state index >= 15 is 0 Å². The van der Waals surface area contributed by atoms with E-state index in [-0.39, 0.29) is 24.9 Å². The number of thiol groups is 1. The van der Waals surface area contributed by atoms with Gasteiger partial charge in [-0.3, -0.25) is 4.79 Å². The standard InChI is InChI=1S/C31H39N3O8S/c1-3-20-6-8-22(9-7-20)27-26(28(35)32-2)24-18-23(21-10-11-21)25(33-29(24)41-27)19-34(43(38)39)15-5-4-12-31(42-30(36)37)13-16-40-17-14-31/h6-9,18,21,43H,3-5,10-17,19H2,1-2H3,(H,32,35)(H,36,37). The van der Waals surface area contributed by atoms with Crippen molar-refractivity contribution in [3.8, 4) is 11.3 Å². The summed E-state index contributed by atoms with van der Waals surface area (Å²) in [6.07, 6.45) is 4.13. The number of furan rings is 1. The molecule has 3 aromatic rings. The van der Waals surface area contributed by atoms with Crippen molar-refractivity contribution in [1.29, 1.82) is 0 Å². The maximum atomic E-state index is 13.1. The van der Waals surface area contributed by atoms with Crippen LogP contribution >= 0.6 is 0 Å². The molecule has 43 heavy (non-hydrogen) atoms. The Kier molecular flexibility index (Phi) is 9.68. The molecule has 232 valence electrons. The summed E-state index contributed by atoms with van der Waals surface area (Å²) in [5.41, 5.74) is 3.40. The third kappa shape index (κ3) is 7.19. The highest BCUT2D eigenvalue weighted by Crippen LogP contribution is 2.44. The first-order valence-electron chi connectivity index (χ1n) is 14.9. The third-order valence-corrected chi connectivity index (χ3v) is 9.26. The van der Waals surface area contributed by atoms with Crippen molar-refractivity contribution in [2.45, 2.75) is 76.4 Å². The highest BCUT2D eigenvalue weighted by atomic mass is 32.2. The van der Waals surface area contributed by atoms with E-state index in [0.717, 1.165) is 30.4 Å². The normalized spacial score (nSPS) is 16.6. The molecule has 1 amide bonds. The van der Waals surface area contributed by atoms with E-state index in [1.807, 2.05) is 30.3 Å². The van der Waals surface area contributed by atoms with Crippen LogP contribution in [-0.4, -0.2) is 67.3 Å². The van der Waals surface area contributed by atoms with Gasteiger partial charge in [-0.2, -0.15) is 4.31 Å². The van der Waals surface area contributed by atoms with E-state index in [2.05, 4.69) is 12.2 Å². The van der Waals surface area contributed by atoms with Gasteiger partial charge in [0, 0.05) is 32.0 Å². The molecule has 2 aromatic heterocycles. The Balaban J connectivity index is 1.39. The summed E-state index contributed by atoms with van der Waals surface area (Å²) in [6, 6.07) is 9.82. The number of rotatable bonds is 13. The van der Waals surface area contributed by atoms with Crippen LogP contribution < -0.4 is 5.32 Å². The Morgan fingerprint density at radius 2 is 1.88 bits per heavy atom. The second-order valence-corrected chi connectivity index (χ2v) is 12.4. The number of aryl methyl sites for hydroxylation is 1. The van der Waals surface area contributed by atoms with Gasteiger partial charge >= 0.3 is 6.16 Å². The molecule has 11 nitrogen and oxygen atoms in total. The summed E-state index contributed by atoms with van der Waals surface area (Å²) in [5, 5.41) is 12.6. The molecule has 1 aromatic carbocycles. The molecule has 1 saturated carbocycles. The van der Waals surface area contributed by atoms with Crippen molar-refractivity contribution < 1.29 is 37.0 Å². The Hall–Kier alpha value is -3.48. The van der Waals surface area contributed by atoms with Crippen molar-refractivity contribution >= 4 is 34.1 Å². The summed E-state index contributed by atoms with van der Waals surface area (Å²) in [5.74, 6) is 0.406. The predicted octanol–water partition coefficient (Wildman–Crippen LogP) is 5.04. The summed E-state index contributed by atoms with van der Waals surface area (Å²) in [4.78, 5) is 29.2. The molecule has 3 heterocycles. The van der Waals surface area contributed by atoms with Gasteiger partial charge in [-0.25, -0.2) is 18.2 Å². The molecule has 1 aliphatic heterocycles. The number of hydrogen-bond donors (Lipinski definition) is 3. The zero-order valence-corrected chi connectivity index (χ0v) is 25.5. The number of carbonyl (C=O) groups excluding carboxylic acids is 1. The largest absolute Gasteiger partial charge is 0.506 e. The van der Waals surface area contributed by atoms with E-state index in [1.54, 1.807) is 7.05 Å². The van der Waals surface area contributed by atoms with E-state index in [4.69, 9.17) is 18.9 Å². The van der Waals surface area contributed by atoms with Crippen LogP contribution in [0.3, 0.4) is 0 Å². The Bertz CT molecular complexity index is 1530. The van der Waals surface area contributed by atoms with E-state index in [0.29, 0.717) is 73.4 Å². The average molecular weight is 614 g/mol. The molecule has 0 atom stereocenters. The van der Waals surface area contributed by atoms with Crippen molar-refractivity contribution in [1.82, 2.24) is 14.6 Å². The molecule has 1 saturated heterocycles. The van der Waals surface area contributed by atoms with Crippen LogP contribution in [0.2, 0.25) is 0 Å². The molecule has 2 N–H and O–H groups in total. The minimum absolute atomic E-state index is 0.0849. The number of benzene rings is 1. The number of hydrogen-bond acceptors (Lipinski definition) is 8. The number of fused-ring (bicyclic) bond motifs is 1. The van der Waals surface area contributed by atoms with E-state index < -0.39 is 22.6 Å². The summed E-state index contributed by atoms with van der Waals surface area (Å²) in [6.45, 7) is 3.29. The molecule has 2 fully saturated rings. The van der Waals surface area contributed by atoms with Gasteiger partial charge in [-0.1, -0.05) is 31.2 Å².